The first-order valence-corrected chi connectivity index (χ1v) is 13.1. The molecular formula is C27H28F9N5O. The van der Waals surface area contributed by atoms with Crippen LogP contribution in [0.1, 0.15) is 65.5 Å². The molecule has 230 valence electrons. The lowest BCUT2D eigenvalue weighted by molar-refractivity contribution is -0.143. The molecule has 0 saturated heterocycles. The molecule has 1 aromatic heterocycles. The van der Waals surface area contributed by atoms with Gasteiger partial charge >= 0.3 is 18.5 Å². The van der Waals surface area contributed by atoms with Crippen LogP contribution in [-0.2, 0) is 50.0 Å². The number of benzene rings is 2. The lowest BCUT2D eigenvalue weighted by Gasteiger charge is -2.25. The van der Waals surface area contributed by atoms with E-state index >= 15 is 0 Å². The number of nitrogens with zero attached hydrogens (tertiary/aromatic N) is 5. The molecule has 0 unspecified atom stereocenters. The number of anilines is 1. The molecule has 0 atom stereocenters. The second-order valence-electron chi connectivity index (χ2n) is 10.3. The summed E-state index contributed by atoms with van der Waals surface area (Å²) in [6.07, 6.45) is -9.58. The molecule has 0 amide bonds. The van der Waals surface area contributed by atoms with Crippen molar-refractivity contribution in [1.82, 2.24) is 20.2 Å². The van der Waals surface area contributed by atoms with Crippen molar-refractivity contribution in [3.05, 3.63) is 69.8 Å². The van der Waals surface area contributed by atoms with Crippen LogP contribution < -0.4 is 4.90 Å². The summed E-state index contributed by atoms with van der Waals surface area (Å²) in [5.74, 6) is 0.135. The molecule has 0 spiro atoms. The molecular weight excluding hydrogens is 581 g/mol. The van der Waals surface area contributed by atoms with Crippen molar-refractivity contribution < 1.29 is 44.3 Å². The zero-order chi connectivity index (χ0) is 30.7. The van der Waals surface area contributed by atoms with Crippen LogP contribution in [0, 0.1) is 5.92 Å². The second kappa shape index (κ2) is 12.5. The first-order chi connectivity index (χ1) is 19.6. The van der Waals surface area contributed by atoms with Gasteiger partial charge in [-0.05, 0) is 71.0 Å². The second-order valence-corrected chi connectivity index (χ2v) is 10.3. The van der Waals surface area contributed by atoms with Crippen molar-refractivity contribution in [2.45, 2.75) is 70.3 Å². The van der Waals surface area contributed by atoms with Crippen molar-refractivity contribution in [3.8, 4) is 0 Å². The minimum absolute atomic E-state index is 0.00295. The molecule has 1 saturated carbocycles. The van der Waals surface area contributed by atoms with Crippen molar-refractivity contribution >= 4 is 5.95 Å². The Morgan fingerprint density at radius 2 is 1.40 bits per heavy atom. The third-order valence-corrected chi connectivity index (χ3v) is 7.03. The maximum atomic E-state index is 13.6. The van der Waals surface area contributed by atoms with Crippen LogP contribution in [0.3, 0.4) is 0 Å². The summed E-state index contributed by atoms with van der Waals surface area (Å²) < 4.78 is 128. The Morgan fingerprint density at radius 3 is 1.95 bits per heavy atom. The topological polar surface area (TPSA) is 56.1 Å². The average Bonchev–Trinajstić information content (AvgIpc) is 3.34. The largest absolute Gasteiger partial charge is 0.416 e. The smallest absolute Gasteiger partial charge is 0.376 e. The highest BCUT2D eigenvalue weighted by atomic mass is 19.4. The van der Waals surface area contributed by atoms with E-state index in [1.54, 1.807) is 0 Å². The molecule has 3 aromatic rings. The summed E-state index contributed by atoms with van der Waals surface area (Å²) in [5.41, 5.74) is -3.92. The lowest BCUT2D eigenvalue weighted by atomic mass is 9.90. The van der Waals surface area contributed by atoms with Gasteiger partial charge in [0.25, 0.3) is 5.95 Å². The quantitative estimate of drug-likeness (QED) is 0.234. The first-order valence-electron chi connectivity index (χ1n) is 13.1. The van der Waals surface area contributed by atoms with Crippen LogP contribution in [0.5, 0.6) is 0 Å². The molecule has 1 fully saturated rings. The fourth-order valence-corrected chi connectivity index (χ4v) is 4.91. The minimum atomic E-state index is -5.07. The fourth-order valence-electron chi connectivity index (χ4n) is 4.91. The van der Waals surface area contributed by atoms with E-state index in [2.05, 4.69) is 15.4 Å². The molecule has 1 heterocycles. The van der Waals surface area contributed by atoms with E-state index in [0.717, 1.165) is 49.0 Å². The van der Waals surface area contributed by atoms with Crippen LogP contribution in [-0.4, -0.2) is 26.8 Å². The van der Waals surface area contributed by atoms with E-state index in [1.165, 1.54) is 18.0 Å². The molecule has 0 bridgehead atoms. The number of ether oxygens (including phenoxy) is 1. The van der Waals surface area contributed by atoms with Crippen molar-refractivity contribution in [3.63, 3.8) is 0 Å². The van der Waals surface area contributed by atoms with Crippen molar-refractivity contribution in [1.29, 1.82) is 0 Å². The molecule has 6 nitrogen and oxygen atoms in total. The molecule has 42 heavy (non-hydrogen) atoms. The highest BCUT2D eigenvalue weighted by molar-refractivity contribution is 5.41. The Hall–Kier alpha value is -3.36. The molecule has 4 rings (SSSR count). The van der Waals surface area contributed by atoms with E-state index in [9.17, 15) is 39.5 Å². The predicted molar refractivity (Wildman–Crippen MR) is 133 cm³/mol. The lowest BCUT2D eigenvalue weighted by Crippen LogP contribution is -2.25. The Morgan fingerprint density at radius 1 is 0.786 bits per heavy atom. The highest BCUT2D eigenvalue weighted by Gasteiger charge is 2.37. The fraction of sp³-hybridized carbons (Fsp3) is 0.519. The van der Waals surface area contributed by atoms with E-state index in [4.69, 9.17) is 4.74 Å². The normalized spacial score (nSPS) is 15.3. The number of aryl methyl sites for hydroxylation is 1. The molecule has 1 aliphatic carbocycles. The third-order valence-electron chi connectivity index (χ3n) is 7.03. The van der Waals surface area contributed by atoms with E-state index in [0.29, 0.717) is 30.2 Å². The predicted octanol–water partition coefficient (Wildman–Crippen LogP) is 7.57. The third kappa shape index (κ3) is 8.35. The number of hydrogen-bond acceptors (Lipinski definition) is 5. The van der Waals surface area contributed by atoms with E-state index in [1.807, 2.05) is 0 Å². The van der Waals surface area contributed by atoms with Gasteiger partial charge in [-0.3, -0.25) is 0 Å². The average molecular weight is 610 g/mol. The molecule has 0 aliphatic heterocycles. The van der Waals surface area contributed by atoms with Crippen molar-refractivity contribution in [2.75, 3.05) is 11.5 Å². The Bertz CT molecular complexity index is 1310. The maximum absolute atomic E-state index is 13.6. The van der Waals surface area contributed by atoms with Gasteiger partial charge in [0.2, 0.25) is 0 Å². The summed E-state index contributed by atoms with van der Waals surface area (Å²) >= 11 is 0. The van der Waals surface area contributed by atoms with E-state index < -0.39 is 47.3 Å². The molecule has 1 aliphatic rings. The Balaban J connectivity index is 1.68. The molecule has 0 N–H and O–H groups in total. The van der Waals surface area contributed by atoms with Gasteiger partial charge < -0.3 is 9.64 Å². The molecule has 2 aromatic carbocycles. The summed E-state index contributed by atoms with van der Waals surface area (Å²) in [4.78, 5) is 2.18. The minimum Gasteiger partial charge on any atom is -0.376 e. The number of alkyl halides is 9. The Kier molecular flexibility index (Phi) is 9.38. The van der Waals surface area contributed by atoms with Gasteiger partial charge in [0.1, 0.15) is 0 Å². The van der Waals surface area contributed by atoms with Gasteiger partial charge in [-0.1, -0.05) is 30.4 Å². The summed E-state index contributed by atoms with van der Waals surface area (Å²) in [6, 6.07) is 4.15. The number of hydrogen-bond donors (Lipinski definition) is 0. The first kappa shape index (κ1) is 31.6. The van der Waals surface area contributed by atoms with Gasteiger partial charge in [0.15, 0.2) is 0 Å². The van der Waals surface area contributed by atoms with Crippen LogP contribution >= 0.6 is 0 Å². The van der Waals surface area contributed by atoms with E-state index in [-0.39, 0.29) is 30.7 Å². The van der Waals surface area contributed by atoms with Crippen LogP contribution in [0.4, 0.5) is 45.5 Å². The highest BCUT2D eigenvalue weighted by Crippen LogP contribution is 2.37. The standard InChI is InChI=1S/C27H28F9N5O/c1-40-38-24(37-39-40)41(13-18-9-22(26(31,32)33)12-23(10-18)27(34,35)36)14-20-11-21(25(28,29)30)8-7-19(20)16-42-15-17-5-3-2-4-6-17/h7-12,17H,2-6,13-16H2,1H3. The summed E-state index contributed by atoms with van der Waals surface area (Å²) in [6.45, 7) is -0.583. The monoisotopic (exact) mass is 609 g/mol. The maximum Gasteiger partial charge on any atom is 0.416 e. The molecule has 15 heteroatoms. The van der Waals surface area contributed by atoms with Gasteiger partial charge in [-0.15, -0.1) is 5.10 Å². The van der Waals surface area contributed by atoms with Crippen molar-refractivity contribution in [2.24, 2.45) is 13.0 Å². The number of tetrazole rings is 1. The summed E-state index contributed by atoms with van der Waals surface area (Å²) in [5, 5.41) is 11.5. The zero-order valence-electron chi connectivity index (χ0n) is 22.5. The van der Waals surface area contributed by atoms with Gasteiger partial charge in [-0.2, -0.15) is 44.3 Å². The number of halogens is 9. The van der Waals surface area contributed by atoms with Gasteiger partial charge in [0.05, 0.1) is 30.3 Å². The van der Waals surface area contributed by atoms with Crippen LogP contribution in [0.2, 0.25) is 0 Å². The van der Waals surface area contributed by atoms with Crippen LogP contribution in [0.15, 0.2) is 36.4 Å². The SMILES string of the molecule is Cn1nnc(N(Cc2cc(C(F)(F)F)cc(C(F)(F)F)c2)Cc2cc(C(F)(F)F)ccc2COCC2CCCCC2)n1. The van der Waals surface area contributed by atoms with Gasteiger partial charge in [0, 0.05) is 19.7 Å². The molecule has 0 radical (unpaired) electrons. The van der Waals surface area contributed by atoms with Gasteiger partial charge in [-0.25, -0.2) is 0 Å². The Labute approximate surface area is 235 Å². The zero-order valence-corrected chi connectivity index (χ0v) is 22.5. The number of rotatable bonds is 9. The van der Waals surface area contributed by atoms with Crippen LogP contribution in [0.25, 0.3) is 0 Å². The summed E-state index contributed by atoms with van der Waals surface area (Å²) in [7, 11) is 1.38. The number of aromatic nitrogens is 4.